The van der Waals surface area contributed by atoms with E-state index in [1.807, 2.05) is 29.2 Å². The van der Waals surface area contributed by atoms with Crippen LogP contribution in [0.1, 0.15) is 49.3 Å². The van der Waals surface area contributed by atoms with Gasteiger partial charge >= 0.3 is 12.0 Å². The van der Waals surface area contributed by atoms with Crippen molar-refractivity contribution >= 4 is 24.4 Å². The summed E-state index contributed by atoms with van der Waals surface area (Å²) in [5.41, 5.74) is 2.13. The Balaban J connectivity index is 0.00000261. The number of benzene rings is 1. The van der Waals surface area contributed by atoms with Crippen LogP contribution in [0.5, 0.6) is 0 Å². The fourth-order valence-electron chi connectivity index (χ4n) is 3.97. The van der Waals surface area contributed by atoms with Crippen molar-refractivity contribution < 1.29 is 14.7 Å². The van der Waals surface area contributed by atoms with Crippen molar-refractivity contribution in [2.75, 3.05) is 26.2 Å². The van der Waals surface area contributed by atoms with Gasteiger partial charge in [-0.25, -0.2) is 4.79 Å². The van der Waals surface area contributed by atoms with Crippen LogP contribution in [0, 0.1) is 5.92 Å². The predicted molar refractivity (Wildman–Crippen MR) is 107 cm³/mol. The molecular weight excluding hydrogens is 366 g/mol. The van der Waals surface area contributed by atoms with Crippen LogP contribution in [-0.4, -0.2) is 48.2 Å². The maximum atomic E-state index is 12.2. The molecule has 27 heavy (non-hydrogen) atoms. The van der Waals surface area contributed by atoms with Crippen molar-refractivity contribution in [3.05, 3.63) is 35.4 Å². The average molecular weight is 396 g/mol. The van der Waals surface area contributed by atoms with Crippen LogP contribution in [0.15, 0.2) is 24.3 Å². The molecule has 2 saturated heterocycles. The Labute approximate surface area is 167 Å². The second kappa shape index (κ2) is 10.5. The molecule has 0 spiro atoms. The van der Waals surface area contributed by atoms with Gasteiger partial charge in [-0.2, -0.15) is 0 Å². The SMILES string of the molecule is Cl.O=C(O)CCc1ccc(C2CNC(=O)N2CCCC2CCCNC2)cc1. The molecule has 1 aromatic rings. The average Bonchev–Trinajstić information content (AvgIpc) is 3.02. The van der Waals surface area contributed by atoms with Gasteiger partial charge in [0.1, 0.15) is 0 Å². The van der Waals surface area contributed by atoms with Crippen molar-refractivity contribution in [3.8, 4) is 0 Å². The molecule has 2 heterocycles. The number of hydrogen-bond donors (Lipinski definition) is 3. The largest absolute Gasteiger partial charge is 0.481 e. The molecule has 150 valence electrons. The first-order chi connectivity index (χ1) is 12.6. The molecule has 7 heteroatoms. The molecule has 0 bridgehead atoms. The molecular formula is C20H30ClN3O3. The summed E-state index contributed by atoms with van der Waals surface area (Å²) in [6.07, 6.45) is 5.43. The summed E-state index contributed by atoms with van der Waals surface area (Å²) < 4.78 is 0. The van der Waals surface area contributed by atoms with Gasteiger partial charge in [-0.1, -0.05) is 24.3 Å². The number of amides is 2. The maximum absolute atomic E-state index is 12.2. The lowest BCUT2D eigenvalue weighted by atomic mass is 9.94. The number of carbonyl (C=O) groups excluding carboxylic acids is 1. The van der Waals surface area contributed by atoms with Crippen LogP contribution in [-0.2, 0) is 11.2 Å². The summed E-state index contributed by atoms with van der Waals surface area (Å²) in [6, 6.07) is 8.10. The number of aryl methyl sites for hydroxylation is 1. The smallest absolute Gasteiger partial charge is 0.318 e. The van der Waals surface area contributed by atoms with E-state index in [2.05, 4.69) is 10.6 Å². The molecule has 2 amide bonds. The van der Waals surface area contributed by atoms with E-state index < -0.39 is 5.97 Å². The third kappa shape index (κ3) is 6.11. The summed E-state index contributed by atoms with van der Waals surface area (Å²) in [5.74, 6) is -0.0413. The van der Waals surface area contributed by atoms with Gasteiger partial charge in [0, 0.05) is 19.5 Å². The summed E-state index contributed by atoms with van der Waals surface area (Å²) in [4.78, 5) is 24.9. The number of carbonyl (C=O) groups is 2. The van der Waals surface area contributed by atoms with E-state index in [4.69, 9.17) is 5.11 Å². The molecule has 0 saturated carbocycles. The monoisotopic (exact) mass is 395 g/mol. The van der Waals surface area contributed by atoms with Crippen LogP contribution >= 0.6 is 12.4 Å². The van der Waals surface area contributed by atoms with E-state index in [-0.39, 0.29) is 30.9 Å². The van der Waals surface area contributed by atoms with E-state index in [0.29, 0.717) is 13.0 Å². The van der Waals surface area contributed by atoms with Gasteiger partial charge in [-0.05, 0) is 62.2 Å². The van der Waals surface area contributed by atoms with E-state index in [1.54, 1.807) is 0 Å². The molecule has 2 aliphatic heterocycles. The lowest BCUT2D eigenvalue weighted by Gasteiger charge is -2.26. The van der Waals surface area contributed by atoms with Crippen molar-refractivity contribution in [1.82, 2.24) is 15.5 Å². The molecule has 0 aliphatic carbocycles. The molecule has 3 rings (SSSR count). The molecule has 2 aliphatic rings. The third-order valence-corrected chi connectivity index (χ3v) is 5.49. The number of aliphatic carboxylic acids is 1. The van der Waals surface area contributed by atoms with Gasteiger partial charge in [-0.15, -0.1) is 12.4 Å². The topological polar surface area (TPSA) is 81.7 Å². The predicted octanol–water partition coefficient (Wildman–Crippen LogP) is 2.97. The Morgan fingerprint density at radius 1 is 1.22 bits per heavy atom. The third-order valence-electron chi connectivity index (χ3n) is 5.49. The fraction of sp³-hybridized carbons (Fsp3) is 0.600. The lowest BCUT2D eigenvalue weighted by molar-refractivity contribution is -0.136. The maximum Gasteiger partial charge on any atom is 0.318 e. The zero-order valence-electron chi connectivity index (χ0n) is 15.7. The standard InChI is InChI=1S/C20H29N3O3.ClH/c24-19(25)10-7-15-5-8-17(9-6-15)18-14-22-20(26)23(18)12-2-4-16-3-1-11-21-13-16;/h5-6,8-9,16,18,21H,1-4,7,10-14H2,(H,22,26)(H,24,25);1H. The van der Waals surface area contributed by atoms with E-state index >= 15 is 0 Å². The quantitative estimate of drug-likeness (QED) is 0.632. The Morgan fingerprint density at radius 3 is 2.67 bits per heavy atom. The van der Waals surface area contributed by atoms with Crippen LogP contribution in [0.25, 0.3) is 0 Å². The first-order valence-electron chi connectivity index (χ1n) is 9.69. The molecule has 6 nitrogen and oxygen atoms in total. The van der Waals surface area contributed by atoms with Gasteiger partial charge in [-0.3, -0.25) is 4.79 Å². The molecule has 2 fully saturated rings. The first-order valence-corrected chi connectivity index (χ1v) is 9.69. The van der Waals surface area contributed by atoms with Crippen LogP contribution in [0.3, 0.4) is 0 Å². The van der Waals surface area contributed by atoms with Gasteiger partial charge in [0.2, 0.25) is 0 Å². The van der Waals surface area contributed by atoms with Gasteiger partial charge < -0.3 is 20.6 Å². The molecule has 2 atom stereocenters. The van der Waals surface area contributed by atoms with Gasteiger partial charge in [0.15, 0.2) is 0 Å². The van der Waals surface area contributed by atoms with Crippen LogP contribution in [0.4, 0.5) is 4.79 Å². The molecule has 1 aromatic carbocycles. The summed E-state index contributed by atoms with van der Waals surface area (Å²) in [7, 11) is 0. The zero-order chi connectivity index (χ0) is 18.4. The number of piperidine rings is 1. The highest BCUT2D eigenvalue weighted by Crippen LogP contribution is 2.26. The number of rotatable bonds is 8. The second-order valence-electron chi connectivity index (χ2n) is 7.39. The van der Waals surface area contributed by atoms with Crippen LogP contribution < -0.4 is 10.6 Å². The number of halogens is 1. The first kappa shape index (κ1) is 21.5. The molecule has 0 radical (unpaired) electrons. The Hall–Kier alpha value is -1.79. The lowest BCUT2D eigenvalue weighted by Crippen LogP contribution is -2.33. The number of hydrogen-bond acceptors (Lipinski definition) is 3. The highest BCUT2D eigenvalue weighted by Gasteiger charge is 2.31. The summed E-state index contributed by atoms with van der Waals surface area (Å²) >= 11 is 0. The van der Waals surface area contributed by atoms with E-state index in [0.717, 1.165) is 49.5 Å². The molecule has 3 N–H and O–H groups in total. The van der Waals surface area contributed by atoms with E-state index in [9.17, 15) is 9.59 Å². The highest BCUT2D eigenvalue weighted by molar-refractivity contribution is 5.85. The number of carboxylic acid groups (broad SMARTS) is 1. The van der Waals surface area contributed by atoms with E-state index in [1.165, 1.54) is 12.8 Å². The minimum atomic E-state index is -0.779. The Morgan fingerprint density at radius 2 is 2.00 bits per heavy atom. The van der Waals surface area contributed by atoms with Crippen molar-refractivity contribution in [2.24, 2.45) is 5.92 Å². The molecule has 0 aromatic heterocycles. The Bertz CT molecular complexity index is 617. The fourth-order valence-corrected chi connectivity index (χ4v) is 3.97. The Kier molecular flexibility index (Phi) is 8.38. The van der Waals surface area contributed by atoms with Gasteiger partial charge in [0.05, 0.1) is 6.04 Å². The summed E-state index contributed by atoms with van der Waals surface area (Å²) in [6.45, 7) is 3.66. The van der Waals surface area contributed by atoms with Crippen molar-refractivity contribution in [2.45, 2.75) is 44.6 Å². The number of nitrogens with one attached hydrogen (secondary N) is 2. The van der Waals surface area contributed by atoms with Gasteiger partial charge in [0.25, 0.3) is 0 Å². The second-order valence-corrected chi connectivity index (χ2v) is 7.39. The zero-order valence-corrected chi connectivity index (χ0v) is 16.5. The minimum Gasteiger partial charge on any atom is -0.481 e. The van der Waals surface area contributed by atoms with Crippen LogP contribution in [0.2, 0.25) is 0 Å². The minimum absolute atomic E-state index is 0. The molecule has 2 unspecified atom stereocenters. The summed E-state index contributed by atoms with van der Waals surface area (Å²) in [5, 5.41) is 15.2. The normalized spacial score (nSPS) is 22.2. The highest BCUT2D eigenvalue weighted by atomic mass is 35.5. The van der Waals surface area contributed by atoms with Crippen molar-refractivity contribution in [1.29, 1.82) is 0 Å². The number of nitrogens with zero attached hydrogens (tertiary/aromatic N) is 1. The van der Waals surface area contributed by atoms with Crippen molar-refractivity contribution in [3.63, 3.8) is 0 Å². The number of urea groups is 1. The number of carboxylic acids is 1.